The molecule has 2 aliphatic rings. The van der Waals surface area contributed by atoms with Crippen molar-refractivity contribution in [3.8, 4) is 11.5 Å². The van der Waals surface area contributed by atoms with Crippen LogP contribution >= 0.6 is 0 Å². The molecule has 1 fully saturated rings. The summed E-state index contributed by atoms with van der Waals surface area (Å²) in [4.78, 5) is 14.6. The molecule has 2 aromatic rings. The van der Waals surface area contributed by atoms with Crippen LogP contribution in [0.2, 0.25) is 0 Å². The quantitative estimate of drug-likeness (QED) is 0.618. The molecule has 6 nitrogen and oxygen atoms in total. The van der Waals surface area contributed by atoms with Gasteiger partial charge in [0, 0.05) is 6.54 Å². The largest absolute Gasteiger partial charge is 0.494 e. The second-order valence-corrected chi connectivity index (χ2v) is 11.7. The number of hydrogen-bond donors (Lipinski definition) is 0. The number of sulfone groups is 1. The van der Waals surface area contributed by atoms with Crippen molar-refractivity contribution in [2.24, 2.45) is 5.41 Å². The molecule has 1 aliphatic heterocycles. The Morgan fingerprint density at radius 2 is 1.82 bits per heavy atom. The fourth-order valence-electron chi connectivity index (χ4n) is 4.94. The van der Waals surface area contributed by atoms with Crippen LogP contribution in [-0.2, 0) is 19.4 Å². The van der Waals surface area contributed by atoms with Gasteiger partial charge in [0.25, 0.3) is 0 Å². The van der Waals surface area contributed by atoms with Crippen LogP contribution in [0.15, 0.2) is 41.3 Å². The van der Waals surface area contributed by atoms with Gasteiger partial charge in [-0.05, 0) is 69.5 Å². The Hall–Kier alpha value is -2.61. The van der Waals surface area contributed by atoms with Gasteiger partial charge in [-0.1, -0.05) is 18.9 Å². The lowest BCUT2D eigenvalue weighted by molar-refractivity contribution is -0.127. The van der Waals surface area contributed by atoms with Gasteiger partial charge >= 0.3 is 0 Å². The number of carbonyl (C=O) groups is 1. The summed E-state index contributed by atoms with van der Waals surface area (Å²) in [7, 11) is -2.58. The first kappa shape index (κ1) is 23.5. The van der Waals surface area contributed by atoms with E-state index in [0.29, 0.717) is 36.4 Å². The van der Waals surface area contributed by atoms with E-state index in [1.807, 2.05) is 20.8 Å². The number of fused-ring (bicyclic) bond motifs is 1. The Labute approximate surface area is 194 Å². The zero-order chi connectivity index (χ0) is 24.0. The van der Waals surface area contributed by atoms with E-state index in [4.69, 9.17) is 9.47 Å². The van der Waals surface area contributed by atoms with Gasteiger partial charge in [0.05, 0.1) is 23.1 Å². The maximum atomic E-state index is 14.4. The summed E-state index contributed by atoms with van der Waals surface area (Å²) in [6.45, 7) is 6.25. The second kappa shape index (κ2) is 8.31. The first-order valence-corrected chi connectivity index (χ1v) is 12.7. The Balaban J connectivity index is 1.84. The maximum absolute atomic E-state index is 14.4. The van der Waals surface area contributed by atoms with E-state index in [2.05, 4.69) is 0 Å². The fraction of sp³-hybridized carbons (Fsp3) is 0.480. The minimum atomic E-state index is -3.92. The third kappa shape index (κ3) is 3.68. The molecule has 0 saturated heterocycles. The number of benzene rings is 2. The zero-order valence-corrected chi connectivity index (χ0v) is 20.3. The van der Waals surface area contributed by atoms with E-state index in [1.165, 1.54) is 19.2 Å². The van der Waals surface area contributed by atoms with Crippen molar-refractivity contribution in [3.63, 3.8) is 0 Å². The Morgan fingerprint density at radius 3 is 2.42 bits per heavy atom. The van der Waals surface area contributed by atoms with E-state index in [0.717, 1.165) is 18.9 Å². The highest BCUT2D eigenvalue weighted by Crippen LogP contribution is 2.50. The van der Waals surface area contributed by atoms with E-state index in [1.54, 1.807) is 23.1 Å². The van der Waals surface area contributed by atoms with Crippen LogP contribution in [0.3, 0.4) is 0 Å². The van der Waals surface area contributed by atoms with Gasteiger partial charge in [0.1, 0.15) is 17.1 Å². The summed E-state index contributed by atoms with van der Waals surface area (Å²) < 4.78 is 52.0. The van der Waals surface area contributed by atoms with E-state index in [-0.39, 0.29) is 23.2 Å². The summed E-state index contributed by atoms with van der Waals surface area (Å²) in [5.41, 5.74) is 0.545. The molecule has 1 heterocycles. The first-order chi connectivity index (χ1) is 15.6. The van der Waals surface area contributed by atoms with E-state index >= 15 is 0 Å². The molecule has 0 N–H and O–H groups in total. The molecule has 0 radical (unpaired) electrons. The molecule has 0 aromatic heterocycles. The third-order valence-electron chi connectivity index (χ3n) is 6.86. The van der Waals surface area contributed by atoms with E-state index in [9.17, 15) is 17.6 Å². The molecular formula is C25H30FNO5S. The van der Waals surface area contributed by atoms with Crippen LogP contribution in [0.25, 0.3) is 0 Å². The van der Waals surface area contributed by atoms with Crippen LogP contribution in [0.1, 0.15) is 52.0 Å². The zero-order valence-electron chi connectivity index (χ0n) is 19.5. The molecule has 1 amide bonds. The van der Waals surface area contributed by atoms with Crippen LogP contribution in [0.4, 0.5) is 10.1 Å². The highest BCUT2D eigenvalue weighted by Gasteiger charge is 2.49. The highest BCUT2D eigenvalue weighted by molar-refractivity contribution is 7.92. The van der Waals surface area contributed by atoms with Gasteiger partial charge in [-0.3, -0.25) is 4.79 Å². The molecule has 4 rings (SSSR count). The van der Waals surface area contributed by atoms with Crippen LogP contribution in [0, 0.1) is 11.2 Å². The predicted molar refractivity (Wildman–Crippen MR) is 124 cm³/mol. The summed E-state index contributed by atoms with van der Waals surface area (Å²) in [5, 5.41) is 0. The summed E-state index contributed by atoms with van der Waals surface area (Å²) >= 11 is 0. The van der Waals surface area contributed by atoms with Crippen molar-refractivity contribution < 1.29 is 27.1 Å². The monoisotopic (exact) mass is 475 g/mol. The Morgan fingerprint density at radius 1 is 1.12 bits per heavy atom. The number of amides is 1. The molecule has 0 atom stereocenters. The number of carbonyl (C=O) groups excluding carboxylic acids is 1. The molecule has 33 heavy (non-hydrogen) atoms. The molecule has 2 aromatic carbocycles. The molecule has 0 unspecified atom stereocenters. The molecule has 0 bridgehead atoms. The Bertz CT molecular complexity index is 1190. The SMILES string of the molecule is CCN1C(=O)C(C)(C)COc2cc(C3(S(=O)(=O)c4ccc(OC)c(F)c4)CCCC3)ccc21. The number of anilines is 1. The number of ether oxygens (including phenoxy) is 2. The van der Waals surface area contributed by atoms with Gasteiger partial charge in [-0.25, -0.2) is 12.8 Å². The van der Waals surface area contributed by atoms with Gasteiger partial charge < -0.3 is 14.4 Å². The summed E-state index contributed by atoms with van der Waals surface area (Å²) in [5.74, 6) is -0.250. The standard InChI is InChI=1S/C25H30FNO5S/c1-5-27-20-10-8-17(14-22(20)32-16-24(2,3)23(27)28)25(12-6-7-13-25)33(29,30)18-9-11-21(31-4)19(26)15-18/h8-11,14-15H,5-7,12-13,16H2,1-4H3. The predicted octanol–water partition coefficient (Wildman–Crippen LogP) is 4.85. The van der Waals surface area contributed by atoms with Gasteiger partial charge in [-0.2, -0.15) is 0 Å². The molecule has 0 spiro atoms. The van der Waals surface area contributed by atoms with Gasteiger partial charge in [0.2, 0.25) is 5.91 Å². The lowest BCUT2D eigenvalue weighted by Gasteiger charge is -2.31. The van der Waals surface area contributed by atoms with Gasteiger partial charge in [0.15, 0.2) is 21.4 Å². The summed E-state index contributed by atoms with van der Waals surface area (Å²) in [6, 6.07) is 9.09. The minimum absolute atomic E-state index is 0.000193. The molecule has 8 heteroatoms. The van der Waals surface area contributed by atoms with Crippen LogP contribution < -0.4 is 14.4 Å². The van der Waals surface area contributed by atoms with Crippen LogP contribution in [-0.4, -0.2) is 34.6 Å². The Kier molecular flexibility index (Phi) is 5.93. The molecule has 1 saturated carbocycles. The van der Waals surface area contributed by atoms with Crippen molar-refractivity contribution in [3.05, 3.63) is 47.8 Å². The topological polar surface area (TPSA) is 72.9 Å². The van der Waals surface area contributed by atoms with E-state index < -0.39 is 25.8 Å². The third-order valence-corrected chi connectivity index (χ3v) is 9.41. The first-order valence-electron chi connectivity index (χ1n) is 11.2. The molecular weight excluding hydrogens is 445 g/mol. The average Bonchev–Trinajstić information content (AvgIpc) is 3.27. The average molecular weight is 476 g/mol. The summed E-state index contributed by atoms with van der Waals surface area (Å²) in [6.07, 6.45) is 2.37. The van der Waals surface area contributed by atoms with Crippen molar-refractivity contribution in [1.29, 1.82) is 0 Å². The normalized spacial score (nSPS) is 19.5. The van der Waals surface area contributed by atoms with Crippen molar-refractivity contribution >= 4 is 21.4 Å². The maximum Gasteiger partial charge on any atom is 0.236 e. The van der Waals surface area contributed by atoms with Gasteiger partial charge in [-0.15, -0.1) is 0 Å². The smallest absolute Gasteiger partial charge is 0.236 e. The number of halogens is 1. The second-order valence-electron chi connectivity index (χ2n) is 9.41. The molecule has 1 aliphatic carbocycles. The number of methoxy groups -OCH3 is 1. The lowest BCUT2D eigenvalue weighted by atomic mass is 9.93. The highest BCUT2D eigenvalue weighted by atomic mass is 32.2. The number of hydrogen-bond acceptors (Lipinski definition) is 5. The van der Waals surface area contributed by atoms with Crippen LogP contribution in [0.5, 0.6) is 11.5 Å². The number of nitrogens with zero attached hydrogens (tertiary/aromatic N) is 1. The van der Waals surface area contributed by atoms with Crippen molar-refractivity contribution in [2.45, 2.75) is 56.1 Å². The lowest BCUT2D eigenvalue weighted by Crippen LogP contribution is -2.42. The number of rotatable bonds is 5. The minimum Gasteiger partial charge on any atom is -0.494 e. The molecule has 178 valence electrons. The van der Waals surface area contributed by atoms with Crippen molar-refractivity contribution in [1.82, 2.24) is 0 Å². The fourth-order valence-corrected chi connectivity index (χ4v) is 7.16. The van der Waals surface area contributed by atoms with Crippen molar-refractivity contribution in [2.75, 3.05) is 25.2 Å².